The fraction of sp³-hybridized carbons (Fsp3) is 0.467. The highest BCUT2D eigenvalue weighted by Gasteiger charge is 2.11. The number of aromatic nitrogens is 1. The van der Waals surface area contributed by atoms with E-state index in [1.54, 1.807) is 6.07 Å². The monoisotopic (exact) mass is 296 g/mol. The SMILES string of the molecule is Clc1cc(Cl)c2ccn(CCN3CCCCC3)c2c1. The average molecular weight is 297 g/mol. The minimum Gasteiger partial charge on any atom is -0.346 e. The molecule has 102 valence electrons. The van der Waals surface area contributed by atoms with E-state index in [0.29, 0.717) is 5.02 Å². The Morgan fingerprint density at radius 3 is 2.58 bits per heavy atom. The Morgan fingerprint density at radius 1 is 1.00 bits per heavy atom. The molecule has 0 bridgehead atoms. The van der Waals surface area contributed by atoms with Crippen molar-refractivity contribution in [1.82, 2.24) is 9.47 Å². The van der Waals surface area contributed by atoms with Crippen LogP contribution in [0.5, 0.6) is 0 Å². The summed E-state index contributed by atoms with van der Waals surface area (Å²) in [5, 5.41) is 2.53. The number of nitrogens with zero attached hydrogens (tertiary/aromatic N) is 2. The quantitative estimate of drug-likeness (QED) is 0.813. The summed E-state index contributed by atoms with van der Waals surface area (Å²) in [4.78, 5) is 2.54. The van der Waals surface area contributed by atoms with Crippen molar-refractivity contribution in [1.29, 1.82) is 0 Å². The Morgan fingerprint density at radius 2 is 1.79 bits per heavy atom. The first-order valence-electron chi connectivity index (χ1n) is 6.90. The third-order valence-corrected chi connectivity index (χ3v) is 4.44. The fourth-order valence-electron chi connectivity index (χ4n) is 2.85. The Kier molecular flexibility index (Phi) is 4.01. The molecule has 0 N–H and O–H groups in total. The summed E-state index contributed by atoms with van der Waals surface area (Å²) in [5.41, 5.74) is 1.13. The van der Waals surface area contributed by atoms with Crippen LogP contribution in [0.1, 0.15) is 19.3 Å². The number of halogens is 2. The van der Waals surface area contributed by atoms with Gasteiger partial charge in [-0.2, -0.15) is 0 Å². The maximum absolute atomic E-state index is 6.22. The molecule has 2 nitrogen and oxygen atoms in total. The van der Waals surface area contributed by atoms with Crippen molar-refractivity contribution in [3.63, 3.8) is 0 Å². The van der Waals surface area contributed by atoms with Crippen LogP contribution in [-0.4, -0.2) is 29.1 Å². The van der Waals surface area contributed by atoms with Crippen LogP contribution >= 0.6 is 23.2 Å². The first kappa shape index (κ1) is 13.3. The number of fused-ring (bicyclic) bond motifs is 1. The molecule has 0 radical (unpaired) electrons. The van der Waals surface area contributed by atoms with Crippen LogP contribution in [0, 0.1) is 0 Å². The zero-order chi connectivity index (χ0) is 13.2. The van der Waals surface area contributed by atoms with Crippen molar-refractivity contribution in [3.8, 4) is 0 Å². The number of likely N-dealkylation sites (tertiary alicyclic amines) is 1. The lowest BCUT2D eigenvalue weighted by atomic mass is 10.1. The summed E-state index contributed by atoms with van der Waals surface area (Å²) in [5.74, 6) is 0. The third-order valence-electron chi connectivity index (χ3n) is 3.91. The Labute approximate surface area is 123 Å². The van der Waals surface area contributed by atoms with Gasteiger partial charge in [0.05, 0.1) is 10.5 Å². The molecular weight excluding hydrogens is 279 g/mol. The number of hydrogen-bond acceptors (Lipinski definition) is 1. The zero-order valence-corrected chi connectivity index (χ0v) is 12.4. The predicted octanol–water partition coefficient (Wildman–Crippen LogP) is 4.43. The third kappa shape index (κ3) is 2.91. The molecule has 1 fully saturated rings. The zero-order valence-electron chi connectivity index (χ0n) is 10.9. The van der Waals surface area contributed by atoms with Crippen LogP contribution in [0.2, 0.25) is 10.0 Å². The maximum Gasteiger partial charge on any atom is 0.0514 e. The number of piperidine rings is 1. The van der Waals surface area contributed by atoms with E-state index in [2.05, 4.69) is 21.7 Å². The van der Waals surface area contributed by atoms with E-state index in [9.17, 15) is 0 Å². The lowest BCUT2D eigenvalue weighted by Crippen LogP contribution is -2.32. The number of hydrogen-bond donors (Lipinski definition) is 0. The lowest BCUT2D eigenvalue weighted by molar-refractivity contribution is 0.221. The molecule has 0 amide bonds. The second-order valence-electron chi connectivity index (χ2n) is 5.23. The summed E-state index contributed by atoms with van der Waals surface area (Å²) in [6, 6.07) is 5.88. The van der Waals surface area contributed by atoms with Crippen LogP contribution < -0.4 is 0 Å². The van der Waals surface area contributed by atoms with Crippen molar-refractivity contribution in [2.24, 2.45) is 0 Å². The fourth-order valence-corrected chi connectivity index (χ4v) is 3.39. The van der Waals surface area contributed by atoms with Crippen LogP contribution in [0.25, 0.3) is 10.9 Å². The molecule has 19 heavy (non-hydrogen) atoms. The van der Waals surface area contributed by atoms with Gasteiger partial charge in [-0.3, -0.25) is 0 Å². The van der Waals surface area contributed by atoms with Gasteiger partial charge < -0.3 is 9.47 Å². The van der Waals surface area contributed by atoms with E-state index in [1.165, 1.54) is 32.4 Å². The molecule has 1 aromatic heterocycles. The van der Waals surface area contributed by atoms with Gasteiger partial charge in [0.2, 0.25) is 0 Å². The smallest absolute Gasteiger partial charge is 0.0514 e. The summed E-state index contributed by atoms with van der Waals surface area (Å²) >= 11 is 12.3. The number of benzene rings is 1. The highest BCUT2D eigenvalue weighted by Crippen LogP contribution is 2.28. The first-order valence-corrected chi connectivity index (χ1v) is 7.66. The molecule has 3 rings (SSSR count). The summed E-state index contributed by atoms with van der Waals surface area (Å²) in [6.07, 6.45) is 6.17. The van der Waals surface area contributed by atoms with Gasteiger partial charge >= 0.3 is 0 Å². The van der Waals surface area contributed by atoms with E-state index < -0.39 is 0 Å². The molecule has 1 aliphatic heterocycles. The second kappa shape index (κ2) is 5.74. The topological polar surface area (TPSA) is 8.17 Å². The van der Waals surface area contributed by atoms with Crippen molar-refractivity contribution >= 4 is 34.1 Å². The first-order chi connectivity index (χ1) is 9.24. The molecule has 0 unspecified atom stereocenters. The van der Waals surface area contributed by atoms with Crippen LogP contribution in [-0.2, 0) is 6.54 Å². The van der Waals surface area contributed by atoms with Crippen LogP contribution in [0.15, 0.2) is 24.4 Å². The highest BCUT2D eigenvalue weighted by atomic mass is 35.5. The van der Waals surface area contributed by atoms with Gasteiger partial charge in [-0.1, -0.05) is 29.6 Å². The lowest BCUT2D eigenvalue weighted by Gasteiger charge is -2.26. The highest BCUT2D eigenvalue weighted by molar-refractivity contribution is 6.38. The molecule has 0 spiro atoms. The molecule has 0 atom stereocenters. The van der Waals surface area contributed by atoms with E-state index in [0.717, 1.165) is 29.0 Å². The van der Waals surface area contributed by atoms with Gasteiger partial charge in [-0.15, -0.1) is 0 Å². The molecule has 0 aliphatic carbocycles. The normalized spacial score (nSPS) is 17.2. The van der Waals surface area contributed by atoms with Gasteiger partial charge in [-0.05, 0) is 44.1 Å². The summed E-state index contributed by atoms with van der Waals surface area (Å²) < 4.78 is 2.25. The predicted molar refractivity (Wildman–Crippen MR) is 82.2 cm³/mol. The Balaban J connectivity index is 1.77. The molecule has 2 aromatic rings. The van der Waals surface area contributed by atoms with Gasteiger partial charge in [0.15, 0.2) is 0 Å². The van der Waals surface area contributed by atoms with Gasteiger partial charge in [0.1, 0.15) is 0 Å². The average Bonchev–Trinajstić information content (AvgIpc) is 2.81. The summed E-state index contributed by atoms with van der Waals surface area (Å²) in [6.45, 7) is 4.58. The molecular formula is C15H18Cl2N2. The second-order valence-corrected chi connectivity index (χ2v) is 6.08. The molecule has 0 saturated carbocycles. The van der Waals surface area contributed by atoms with Crippen molar-refractivity contribution in [2.45, 2.75) is 25.8 Å². The van der Waals surface area contributed by atoms with Crippen molar-refractivity contribution < 1.29 is 0 Å². The summed E-state index contributed by atoms with van der Waals surface area (Å²) in [7, 11) is 0. The van der Waals surface area contributed by atoms with Crippen LogP contribution in [0.4, 0.5) is 0 Å². The van der Waals surface area contributed by atoms with E-state index in [-0.39, 0.29) is 0 Å². The number of rotatable bonds is 3. The van der Waals surface area contributed by atoms with Gasteiger partial charge in [0.25, 0.3) is 0 Å². The van der Waals surface area contributed by atoms with Crippen molar-refractivity contribution in [2.75, 3.05) is 19.6 Å². The van der Waals surface area contributed by atoms with E-state index >= 15 is 0 Å². The Hall–Kier alpha value is -0.700. The van der Waals surface area contributed by atoms with Gasteiger partial charge in [-0.25, -0.2) is 0 Å². The minimum atomic E-state index is 0.704. The maximum atomic E-state index is 6.22. The molecule has 1 aromatic carbocycles. The molecule has 1 saturated heterocycles. The largest absolute Gasteiger partial charge is 0.346 e. The van der Waals surface area contributed by atoms with E-state index in [1.807, 2.05) is 6.07 Å². The Bertz CT molecular complexity index is 571. The van der Waals surface area contributed by atoms with Crippen LogP contribution in [0.3, 0.4) is 0 Å². The molecule has 1 aliphatic rings. The molecule has 4 heteroatoms. The minimum absolute atomic E-state index is 0.704. The van der Waals surface area contributed by atoms with E-state index in [4.69, 9.17) is 23.2 Å². The standard InChI is InChI=1S/C15H18Cl2N2/c16-12-10-14(17)13-4-7-19(15(13)11-12)9-8-18-5-2-1-3-6-18/h4,7,10-11H,1-3,5-6,8-9H2. The molecule has 2 heterocycles. The van der Waals surface area contributed by atoms with Gasteiger partial charge in [0, 0.05) is 29.7 Å². The van der Waals surface area contributed by atoms with Crippen molar-refractivity contribution in [3.05, 3.63) is 34.4 Å².